The van der Waals surface area contributed by atoms with E-state index < -0.39 is 103 Å². The number of aliphatic hydroxyl groups excluding tert-OH is 1. The number of H-pyrrole nitrogens is 1. The van der Waals surface area contributed by atoms with Gasteiger partial charge in [-0.05, 0) is 71.2 Å². The summed E-state index contributed by atoms with van der Waals surface area (Å²) < 4.78 is 58.8. The number of carbonyl (C=O) groups excluding carboxylic acids is 4. The number of aliphatic hydroxyl groups is 2. The summed E-state index contributed by atoms with van der Waals surface area (Å²) in [5.41, 5.74) is -3.33. The second-order valence-electron chi connectivity index (χ2n) is 15.8. The first-order valence-corrected chi connectivity index (χ1v) is 19.8. The number of nitrogens with one attached hydrogen (secondary N) is 1. The van der Waals surface area contributed by atoms with E-state index >= 15 is 0 Å². The fourth-order valence-corrected chi connectivity index (χ4v) is 11.9. The first-order valence-electron chi connectivity index (χ1n) is 18.3. The van der Waals surface area contributed by atoms with Gasteiger partial charge in [-0.2, -0.15) is 0 Å². The van der Waals surface area contributed by atoms with Crippen LogP contribution in [0, 0.1) is 38.9 Å². The van der Waals surface area contributed by atoms with Crippen molar-refractivity contribution in [3.63, 3.8) is 0 Å². The van der Waals surface area contributed by atoms with Crippen molar-refractivity contribution >= 4 is 33.5 Å². The van der Waals surface area contributed by atoms with Crippen LogP contribution in [0.25, 0.3) is 0 Å². The Labute approximate surface area is 315 Å². The van der Waals surface area contributed by atoms with Gasteiger partial charge >= 0.3 is 28.8 Å². The molecule has 1 unspecified atom stereocenters. The van der Waals surface area contributed by atoms with Crippen LogP contribution in [0.3, 0.4) is 0 Å². The Morgan fingerprint density at radius 1 is 1.05 bits per heavy atom. The van der Waals surface area contributed by atoms with Crippen LogP contribution in [-0.2, 0) is 48.0 Å². The predicted octanol–water partition coefficient (Wildman–Crippen LogP) is 1.96. The minimum atomic E-state index is -4.31. The molecule has 3 heterocycles. The summed E-state index contributed by atoms with van der Waals surface area (Å²) in [6.07, 6.45) is -2.15. The fourth-order valence-electron chi connectivity index (χ4n) is 10.6. The Hall–Kier alpha value is -4.39. The van der Waals surface area contributed by atoms with E-state index in [4.69, 9.17) is 23.7 Å². The molecule has 1 aromatic carbocycles. The lowest BCUT2D eigenvalue weighted by atomic mass is 9.35. The van der Waals surface area contributed by atoms with Crippen molar-refractivity contribution in [1.82, 2.24) is 5.16 Å². The zero-order valence-electron chi connectivity index (χ0n) is 30.7. The number of nitrogens with zero attached hydrogens (tertiary/aromatic N) is 1. The van der Waals surface area contributed by atoms with Crippen molar-refractivity contribution in [2.45, 2.75) is 99.7 Å². The zero-order chi connectivity index (χ0) is 39.7. The molecule has 2 saturated heterocycles. The number of ketones is 1. The van der Waals surface area contributed by atoms with Gasteiger partial charge in [0.05, 0.1) is 11.5 Å². The summed E-state index contributed by atoms with van der Waals surface area (Å²) in [6.45, 7) is 8.55. The maximum atomic E-state index is 14.4. The smallest absolute Gasteiger partial charge is 0.404 e. The highest BCUT2D eigenvalue weighted by atomic mass is 32.2. The number of ether oxygens (including phenoxy) is 5. The van der Waals surface area contributed by atoms with E-state index in [2.05, 4.69) is 16.4 Å². The highest BCUT2D eigenvalue weighted by Gasteiger charge is 2.88. The highest BCUT2D eigenvalue weighted by Crippen LogP contribution is 2.77. The lowest BCUT2D eigenvalue weighted by molar-refractivity contribution is -0.744. The summed E-state index contributed by atoms with van der Waals surface area (Å²) in [5, 5.41) is 25.8. The van der Waals surface area contributed by atoms with Gasteiger partial charge in [-0.15, -0.1) is 0 Å². The van der Waals surface area contributed by atoms with Crippen LogP contribution < -0.4 is 9.34 Å². The Morgan fingerprint density at radius 3 is 2.47 bits per heavy atom. The normalized spacial score (nSPS) is 34.3. The molecule has 298 valence electrons. The second kappa shape index (κ2) is 13.7. The first-order chi connectivity index (χ1) is 25.9. The van der Waals surface area contributed by atoms with Gasteiger partial charge in [-0.1, -0.05) is 43.3 Å². The molecule has 4 bridgehead atoms. The van der Waals surface area contributed by atoms with Gasteiger partial charge in [0.25, 0.3) is 9.84 Å². The number of hydrogen-bond donors (Lipinski definition) is 3. The predicted molar refractivity (Wildman–Crippen MR) is 183 cm³/mol. The number of hydrogen-bond acceptors (Lipinski definition) is 15. The SMILES string of the molecule is C=C1C(=O)[C@]23[C@H](OC(=O)CCCC(=O)OCCOc4[nH]o[n+](=O)c4S(=O)(=O)c4ccccc4)[C@H]1CC[C@H]2[C@@]12CO[C@@]3(O)[C@@H](O)[C@@H]1C(C)(C)CCC2OC(C)=O. The van der Waals surface area contributed by atoms with Crippen LogP contribution in [0.15, 0.2) is 57.0 Å². The summed E-state index contributed by atoms with van der Waals surface area (Å²) in [6, 6.07) is 7.17. The molecule has 6 aliphatic rings. The first kappa shape index (κ1) is 38.9. The highest BCUT2D eigenvalue weighted by molar-refractivity contribution is 7.91. The van der Waals surface area contributed by atoms with E-state index in [0.717, 1.165) is 0 Å². The molecule has 55 heavy (non-hydrogen) atoms. The van der Waals surface area contributed by atoms with Gasteiger partial charge in [-0.25, -0.2) is 8.42 Å². The van der Waals surface area contributed by atoms with E-state index in [0.29, 0.717) is 25.7 Å². The molecule has 1 aromatic heterocycles. The third-order valence-corrected chi connectivity index (χ3v) is 14.4. The van der Waals surface area contributed by atoms with Gasteiger partial charge in [0.15, 0.2) is 5.78 Å². The van der Waals surface area contributed by atoms with Gasteiger partial charge < -0.3 is 33.9 Å². The number of esters is 3. The maximum absolute atomic E-state index is 14.4. The Kier molecular flexibility index (Phi) is 9.66. The average Bonchev–Trinajstić information content (AvgIpc) is 3.56. The minimum absolute atomic E-state index is 0.00942. The summed E-state index contributed by atoms with van der Waals surface area (Å²) >= 11 is 0. The Bertz CT molecular complexity index is 2080. The second-order valence-corrected chi connectivity index (χ2v) is 17.7. The van der Waals surface area contributed by atoms with Crippen molar-refractivity contribution in [2.24, 2.45) is 34.0 Å². The van der Waals surface area contributed by atoms with Crippen LogP contribution in [-0.4, -0.2) is 91.4 Å². The molecule has 4 saturated carbocycles. The van der Waals surface area contributed by atoms with E-state index in [1.807, 2.05) is 13.8 Å². The molecule has 0 amide bonds. The monoisotopic (exact) mass is 789 g/mol. The molecule has 0 radical (unpaired) electrons. The number of Topliss-reactive ketones (excluding diaryl/α,β-unsaturated/α-hetero) is 1. The van der Waals surface area contributed by atoms with Crippen molar-refractivity contribution in [1.29, 1.82) is 0 Å². The molecule has 4 aliphatic carbocycles. The number of aromatic amines is 1. The molecule has 2 spiro atoms. The van der Waals surface area contributed by atoms with Crippen molar-refractivity contribution in [3.8, 4) is 5.88 Å². The number of rotatable bonds is 12. The van der Waals surface area contributed by atoms with Crippen molar-refractivity contribution in [3.05, 3.63) is 47.4 Å². The largest absolute Gasteiger partial charge is 0.462 e. The third kappa shape index (κ3) is 5.69. The van der Waals surface area contributed by atoms with Gasteiger partial charge in [0.1, 0.15) is 36.9 Å². The number of carbonyl (C=O) groups is 4. The molecule has 18 heteroatoms. The number of benzene rings is 1. The molecular weight excluding hydrogens is 744 g/mol. The average molecular weight is 790 g/mol. The van der Waals surface area contributed by atoms with Crippen LogP contribution in [0.1, 0.15) is 65.7 Å². The molecule has 9 atom stereocenters. The van der Waals surface area contributed by atoms with Gasteiger partial charge in [0, 0.05) is 37.0 Å². The minimum Gasteiger partial charge on any atom is -0.462 e. The molecule has 17 nitrogen and oxygen atoms in total. The lowest BCUT2D eigenvalue weighted by Gasteiger charge is -2.74. The molecule has 2 aromatic rings. The number of sulfone groups is 1. The topological polar surface area (TPSA) is 241 Å². The summed E-state index contributed by atoms with van der Waals surface area (Å²) in [7, 11) is -4.31. The summed E-state index contributed by atoms with van der Waals surface area (Å²) in [5.74, 6) is -7.37. The van der Waals surface area contributed by atoms with E-state index in [1.165, 1.54) is 31.2 Å². The Balaban J connectivity index is 0.997. The third-order valence-electron chi connectivity index (χ3n) is 12.6. The van der Waals surface area contributed by atoms with E-state index in [9.17, 15) is 42.7 Å². The van der Waals surface area contributed by atoms with Crippen LogP contribution in [0.5, 0.6) is 5.88 Å². The van der Waals surface area contributed by atoms with Crippen LogP contribution >= 0.6 is 0 Å². The lowest BCUT2D eigenvalue weighted by Crippen LogP contribution is -2.86. The zero-order valence-corrected chi connectivity index (χ0v) is 31.5. The standard InChI is InChI=1S/C37H45N2O15S/c1-20-23-13-14-24-35-19-51-37(45,30(44)28(35)34(3,4)16-15-25(35)52-21(2)40)36(24,29(20)43)31(23)53-27(42)12-8-11-26(41)49-17-18-50-32-33(39(46)54-38-32)55(47,48)22-9-6-5-7-10-22/h5-7,9-10,23-25,28,30-31,38,44-45H,1,8,11-19H2,2-4H3/q+1/t23-,24-,25?,28+,30-,31+,35+,36-,37-/m0/s1. The molecule has 3 N–H and O–H groups in total. The van der Waals surface area contributed by atoms with Crippen molar-refractivity contribution < 1.29 is 70.7 Å². The maximum Gasteiger partial charge on any atom is 0.404 e. The van der Waals surface area contributed by atoms with Crippen LogP contribution in [0.2, 0.25) is 0 Å². The van der Waals surface area contributed by atoms with Crippen LogP contribution in [0.4, 0.5) is 0 Å². The molecule has 8 rings (SSSR count). The quantitative estimate of drug-likeness (QED) is 0.121. The number of fused-ring (bicyclic) bond motifs is 2. The van der Waals surface area contributed by atoms with E-state index in [-0.39, 0.29) is 54.2 Å². The molecular formula is C37H45N2O15S+. The van der Waals surface area contributed by atoms with Gasteiger partial charge in [-0.3, -0.25) is 19.2 Å². The van der Waals surface area contributed by atoms with Crippen molar-refractivity contribution in [2.75, 3.05) is 19.8 Å². The molecule has 6 fully saturated rings. The summed E-state index contributed by atoms with van der Waals surface area (Å²) in [4.78, 5) is 64.7. The Morgan fingerprint density at radius 2 is 1.76 bits per heavy atom. The van der Waals surface area contributed by atoms with E-state index in [1.54, 1.807) is 6.07 Å². The fraction of sp³-hybridized carbons (Fsp3) is 0.622. The van der Waals surface area contributed by atoms with Gasteiger partial charge in [0.2, 0.25) is 10.4 Å². The number of aromatic nitrogens is 2. The molecule has 2 aliphatic heterocycles.